The van der Waals surface area contributed by atoms with E-state index in [4.69, 9.17) is 4.74 Å². The fourth-order valence-electron chi connectivity index (χ4n) is 3.10. The molecule has 0 aliphatic carbocycles. The highest BCUT2D eigenvalue weighted by Crippen LogP contribution is 2.18. The molecule has 2 aromatic heterocycles. The highest BCUT2D eigenvalue weighted by Gasteiger charge is 2.25. The molecule has 0 aromatic carbocycles. The molecule has 3 rings (SSSR count). The SMILES string of the molecule is Cc1n[nH]c(C)c1CCC(=O)N1CCCC(Oc2ncc(Br)cn2)C1. The van der Waals surface area contributed by atoms with E-state index in [0.29, 0.717) is 25.4 Å². The van der Waals surface area contributed by atoms with E-state index in [1.54, 1.807) is 12.4 Å². The van der Waals surface area contributed by atoms with Crippen LogP contribution in [0.4, 0.5) is 0 Å². The Labute approximate surface area is 155 Å². The molecule has 2 aromatic rings. The number of carbonyl (C=O) groups excluding carboxylic acids is 1. The molecule has 3 heterocycles. The number of halogens is 1. The molecule has 1 unspecified atom stereocenters. The minimum atomic E-state index is -0.0590. The number of ether oxygens (including phenoxy) is 1. The van der Waals surface area contributed by atoms with Gasteiger partial charge in [0.1, 0.15) is 6.10 Å². The predicted octanol–water partition coefficient (Wildman–Crippen LogP) is 2.58. The number of likely N-dealkylation sites (tertiary alicyclic amines) is 1. The average Bonchev–Trinajstić information content (AvgIpc) is 2.93. The molecule has 0 radical (unpaired) electrons. The molecule has 1 atom stereocenters. The van der Waals surface area contributed by atoms with Crippen molar-refractivity contribution in [3.63, 3.8) is 0 Å². The van der Waals surface area contributed by atoms with Crippen molar-refractivity contribution in [3.05, 3.63) is 33.8 Å². The van der Waals surface area contributed by atoms with Gasteiger partial charge < -0.3 is 9.64 Å². The van der Waals surface area contributed by atoms with Gasteiger partial charge in [0.2, 0.25) is 5.91 Å². The summed E-state index contributed by atoms with van der Waals surface area (Å²) in [6, 6.07) is 0.354. The Morgan fingerprint density at radius 2 is 2.16 bits per heavy atom. The highest BCUT2D eigenvalue weighted by molar-refractivity contribution is 9.10. The summed E-state index contributed by atoms with van der Waals surface area (Å²) in [5.41, 5.74) is 3.15. The van der Waals surface area contributed by atoms with Gasteiger partial charge in [-0.05, 0) is 54.6 Å². The van der Waals surface area contributed by atoms with E-state index in [-0.39, 0.29) is 12.0 Å². The fourth-order valence-corrected chi connectivity index (χ4v) is 3.31. The van der Waals surface area contributed by atoms with Crippen LogP contribution in [0, 0.1) is 13.8 Å². The molecule has 1 fully saturated rings. The van der Waals surface area contributed by atoms with Crippen molar-refractivity contribution in [1.82, 2.24) is 25.1 Å². The van der Waals surface area contributed by atoms with Gasteiger partial charge in [-0.3, -0.25) is 9.89 Å². The maximum Gasteiger partial charge on any atom is 0.316 e. The Kier molecular flexibility index (Phi) is 5.67. The number of aromatic amines is 1. The summed E-state index contributed by atoms with van der Waals surface area (Å²) >= 11 is 3.30. The zero-order chi connectivity index (χ0) is 17.8. The Morgan fingerprint density at radius 1 is 1.40 bits per heavy atom. The minimum Gasteiger partial charge on any atom is -0.458 e. The lowest BCUT2D eigenvalue weighted by molar-refractivity contribution is -0.133. The fraction of sp³-hybridized carbons (Fsp3) is 0.529. The van der Waals surface area contributed by atoms with Gasteiger partial charge >= 0.3 is 6.01 Å². The minimum absolute atomic E-state index is 0.0590. The number of nitrogens with zero attached hydrogens (tertiary/aromatic N) is 4. The maximum atomic E-state index is 12.6. The van der Waals surface area contributed by atoms with E-state index in [1.165, 1.54) is 0 Å². The van der Waals surface area contributed by atoms with Crippen LogP contribution in [-0.4, -0.2) is 50.2 Å². The molecule has 8 heteroatoms. The topological polar surface area (TPSA) is 84.0 Å². The third-order valence-electron chi connectivity index (χ3n) is 4.47. The van der Waals surface area contributed by atoms with Crippen LogP contribution in [-0.2, 0) is 11.2 Å². The van der Waals surface area contributed by atoms with Crippen LogP contribution in [0.1, 0.15) is 36.2 Å². The average molecular weight is 408 g/mol. The number of aromatic nitrogens is 4. The molecule has 1 aliphatic heterocycles. The first-order chi connectivity index (χ1) is 12.0. The molecule has 1 amide bonds. The summed E-state index contributed by atoms with van der Waals surface area (Å²) in [5, 5.41) is 7.15. The number of aryl methyl sites for hydroxylation is 2. The van der Waals surface area contributed by atoms with Crippen LogP contribution in [0.25, 0.3) is 0 Å². The van der Waals surface area contributed by atoms with Crippen molar-refractivity contribution < 1.29 is 9.53 Å². The lowest BCUT2D eigenvalue weighted by Crippen LogP contribution is -2.44. The molecule has 1 saturated heterocycles. The van der Waals surface area contributed by atoms with Gasteiger partial charge in [-0.1, -0.05) is 0 Å². The van der Waals surface area contributed by atoms with E-state index in [9.17, 15) is 4.79 Å². The number of piperidine rings is 1. The monoisotopic (exact) mass is 407 g/mol. The van der Waals surface area contributed by atoms with E-state index < -0.39 is 0 Å². The summed E-state index contributed by atoms with van der Waals surface area (Å²) < 4.78 is 6.64. The first kappa shape index (κ1) is 17.8. The third-order valence-corrected chi connectivity index (χ3v) is 4.88. The Hall–Kier alpha value is -1.96. The number of rotatable bonds is 5. The van der Waals surface area contributed by atoms with Crippen molar-refractivity contribution in [2.45, 2.75) is 45.6 Å². The number of carbonyl (C=O) groups is 1. The van der Waals surface area contributed by atoms with Gasteiger partial charge in [0.15, 0.2) is 0 Å². The molecule has 0 spiro atoms. The smallest absolute Gasteiger partial charge is 0.316 e. The van der Waals surface area contributed by atoms with Crippen molar-refractivity contribution in [3.8, 4) is 6.01 Å². The van der Waals surface area contributed by atoms with Crippen LogP contribution in [0.2, 0.25) is 0 Å². The largest absolute Gasteiger partial charge is 0.458 e. The van der Waals surface area contributed by atoms with E-state index in [1.807, 2.05) is 18.7 Å². The van der Waals surface area contributed by atoms with E-state index in [2.05, 4.69) is 36.1 Å². The first-order valence-electron chi connectivity index (χ1n) is 8.45. The number of hydrogen-bond acceptors (Lipinski definition) is 5. The molecule has 25 heavy (non-hydrogen) atoms. The van der Waals surface area contributed by atoms with Crippen molar-refractivity contribution in [2.24, 2.45) is 0 Å². The first-order valence-corrected chi connectivity index (χ1v) is 9.24. The van der Waals surface area contributed by atoms with Crippen LogP contribution >= 0.6 is 15.9 Å². The molecule has 134 valence electrons. The number of hydrogen-bond donors (Lipinski definition) is 1. The van der Waals surface area contributed by atoms with Gasteiger partial charge in [0.25, 0.3) is 0 Å². The maximum absolute atomic E-state index is 12.6. The van der Waals surface area contributed by atoms with Crippen molar-refractivity contribution >= 4 is 21.8 Å². The van der Waals surface area contributed by atoms with Crippen molar-refractivity contribution in [2.75, 3.05) is 13.1 Å². The zero-order valence-corrected chi connectivity index (χ0v) is 16.0. The molecule has 0 saturated carbocycles. The second-order valence-electron chi connectivity index (χ2n) is 6.32. The van der Waals surface area contributed by atoms with Crippen molar-refractivity contribution in [1.29, 1.82) is 0 Å². The van der Waals surface area contributed by atoms with Gasteiger partial charge in [0, 0.05) is 31.1 Å². The summed E-state index contributed by atoms with van der Waals surface area (Å²) in [4.78, 5) is 22.7. The van der Waals surface area contributed by atoms with Gasteiger partial charge in [-0.25, -0.2) is 9.97 Å². The molecule has 1 aliphatic rings. The summed E-state index contributed by atoms with van der Waals surface area (Å²) in [7, 11) is 0. The van der Waals surface area contributed by atoms with E-state index in [0.717, 1.165) is 40.8 Å². The Morgan fingerprint density at radius 3 is 2.84 bits per heavy atom. The summed E-state index contributed by atoms with van der Waals surface area (Å²) in [6.07, 6.45) is 6.29. The lowest BCUT2D eigenvalue weighted by Gasteiger charge is -2.32. The standard InChI is InChI=1S/C17H22BrN5O2/c1-11-15(12(2)22-21-11)5-6-16(24)23-7-3-4-14(10-23)25-17-19-8-13(18)9-20-17/h8-9,14H,3-7,10H2,1-2H3,(H,21,22). The second-order valence-corrected chi connectivity index (χ2v) is 7.23. The summed E-state index contributed by atoms with van der Waals surface area (Å²) in [5.74, 6) is 0.157. The zero-order valence-electron chi connectivity index (χ0n) is 14.5. The normalized spacial score (nSPS) is 17.6. The van der Waals surface area contributed by atoms with Crippen LogP contribution in [0.5, 0.6) is 6.01 Å². The van der Waals surface area contributed by atoms with Gasteiger partial charge in [-0.2, -0.15) is 5.10 Å². The number of amides is 1. The molecule has 7 nitrogen and oxygen atoms in total. The van der Waals surface area contributed by atoms with Gasteiger partial charge in [-0.15, -0.1) is 0 Å². The number of nitrogens with one attached hydrogen (secondary N) is 1. The lowest BCUT2D eigenvalue weighted by atomic mass is 10.0. The second kappa shape index (κ2) is 7.95. The molecule has 0 bridgehead atoms. The summed E-state index contributed by atoms with van der Waals surface area (Å²) in [6.45, 7) is 5.32. The quantitative estimate of drug-likeness (QED) is 0.822. The van der Waals surface area contributed by atoms with Crippen LogP contribution in [0.3, 0.4) is 0 Å². The predicted molar refractivity (Wildman–Crippen MR) is 96.3 cm³/mol. The van der Waals surface area contributed by atoms with Crippen LogP contribution < -0.4 is 4.74 Å². The Bertz CT molecular complexity index is 712. The molecular weight excluding hydrogens is 386 g/mol. The highest BCUT2D eigenvalue weighted by atomic mass is 79.9. The molecular formula is C17H22BrN5O2. The van der Waals surface area contributed by atoms with Crippen LogP contribution in [0.15, 0.2) is 16.9 Å². The third kappa shape index (κ3) is 4.56. The Balaban J connectivity index is 1.53. The molecule has 1 N–H and O–H groups in total. The van der Waals surface area contributed by atoms with Gasteiger partial charge in [0.05, 0.1) is 16.7 Å². The number of H-pyrrole nitrogens is 1. The van der Waals surface area contributed by atoms with E-state index >= 15 is 0 Å².